The average molecular weight is 491 g/mol. The molecule has 0 radical (unpaired) electrons. The summed E-state index contributed by atoms with van der Waals surface area (Å²) in [5.74, 6) is -0.802. The fourth-order valence-corrected chi connectivity index (χ4v) is 4.60. The van der Waals surface area contributed by atoms with E-state index in [0.717, 1.165) is 0 Å². The summed E-state index contributed by atoms with van der Waals surface area (Å²) in [4.78, 5) is 32.9. The summed E-state index contributed by atoms with van der Waals surface area (Å²) >= 11 is 7.29. The van der Waals surface area contributed by atoms with E-state index in [0.29, 0.717) is 54.0 Å². The molecule has 1 fully saturated rings. The Balaban J connectivity index is 1.56. The van der Waals surface area contributed by atoms with Gasteiger partial charge in [-0.25, -0.2) is 14.2 Å². The van der Waals surface area contributed by atoms with Crippen LogP contribution in [-0.4, -0.2) is 65.2 Å². The number of aromatic nitrogens is 1. The van der Waals surface area contributed by atoms with Crippen LogP contribution in [-0.2, 0) is 16.1 Å². The Kier molecular flexibility index (Phi) is 8.67. The molecule has 0 atom stereocenters. The molecule has 1 aliphatic rings. The zero-order chi connectivity index (χ0) is 24.0. The van der Waals surface area contributed by atoms with E-state index in [-0.39, 0.29) is 35.2 Å². The van der Waals surface area contributed by atoms with Gasteiger partial charge in [-0.05, 0) is 32.0 Å². The lowest BCUT2D eigenvalue weighted by atomic mass is 10.1. The van der Waals surface area contributed by atoms with Gasteiger partial charge in [-0.3, -0.25) is 9.69 Å². The number of piperazine rings is 1. The number of esters is 1. The average Bonchev–Trinajstić information content (AvgIpc) is 2.80. The van der Waals surface area contributed by atoms with E-state index in [2.05, 4.69) is 9.88 Å². The van der Waals surface area contributed by atoms with Gasteiger partial charge in [0.05, 0.1) is 29.2 Å². The molecule has 10 heteroatoms. The lowest BCUT2D eigenvalue weighted by molar-refractivity contribution is -0.130. The van der Waals surface area contributed by atoms with Gasteiger partial charge >= 0.3 is 5.97 Å². The number of aryl methyl sites for hydroxylation is 1. The maximum atomic E-state index is 14.0. The van der Waals surface area contributed by atoms with Gasteiger partial charge in [0.2, 0.25) is 5.91 Å². The summed E-state index contributed by atoms with van der Waals surface area (Å²) in [6.07, 6.45) is 0. The van der Waals surface area contributed by atoms with Crippen molar-refractivity contribution in [1.82, 2.24) is 14.8 Å². The number of amides is 1. The SMILES string of the molecule is CCOC(=O)c1cc(C#N)c(SCC(=O)N2CCN(Cc3c(F)cccc3Cl)CC2)nc1C. The Bertz CT molecular complexity index is 1060. The van der Waals surface area contributed by atoms with Crippen LogP contribution >= 0.6 is 23.4 Å². The van der Waals surface area contributed by atoms with Crippen LogP contribution in [0.5, 0.6) is 0 Å². The highest BCUT2D eigenvalue weighted by molar-refractivity contribution is 8.00. The molecule has 0 spiro atoms. The molecular weight excluding hydrogens is 467 g/mol. The minimum atomic E-state index is -0.527. The van der Waals surface area contributed by atoms with E-state index in [4.69, 9.17) is 16.3 Å². The number of hydrogen-bond acceptors (Lipinski definition) is 7. The summed E-state index contributed by atoms with van der Waals surface area (Å²) in [5, 5.41) is 10.3. The van der Waals surface area contributed by atoms with Gasteiger partial charge in [-0.15, -0.1) is 0 Å². The molecule has 3 rings (SSSR count). The number of rotatable bonds is 7. The van der Waals surface area contributed by atoms with Gasteiger partial charge in [0.25, 0.3) is 0 Å². The highest BCUT2D eigenvalue weighted by Gasteiger charge is 2.23. The molecule has 0 aliphatic carbocycles. The third kappa shape index (κ3) is 6.22. The number of hydrogen-bond donors (Lipinski definition) is 0. The van der Waals surface area contributed by atoms with Crippen LogP contribution in [0.2, 0.25) is 5.02 Å². The predicted octanol–water partition coefficient (Wildman–Crippen LogP) is 3.67. The minimum Gasteiger partial charge on any atom is -0.462 e. The van der Waals surface area contributed by atoms with E-state index in [9.17, 15) is 19.2 Å². The summed E-state index contributed by atoms with van der Waals surface area (Å²) in [7, 11) is 0. The number of halogens is 2. The summed E-state index contributed by atoms with van der Waals surface area (Å²) < 4.78 is 19.0. The van der Waals surface area contributed by atoms with E-state index >= 15 is 0 Å². The van der Waals surface area contributed by atoms with Crippen LogP contribution in [0.15, 0.2) is 29.3 Å². The molecule has 1 aliphatic heterocycles. The molecule has 2 heterocycles. The fourth-order valence-electron chi connectivity index (χ4n) is 3.47. The maximum Gasteiger partial charge on any atom is 0.340 e. The number of benzene rings is 1. The van der Waals surface area contributed by atoms with Crippen molar-refractivity contribution in [3.63, 3.8) is 0 Å². The van der Waals surface area contributed by atoms with E-state index in [1.807, 2.05) is 6.07 Å². The molecule has 1 aromatic heterocycles. The lowest BCUT2D eigenvalue weighted by Crippen LogP contribution is -2.48. The Morgan fingerprint density at radius 1 is 1.30 bits per heavy atom. The van der Waals surface area contributed by atoms with Gasteiger partial charge in [-0.1, -0.05) is 29.4 Å². The van der Waals surface area contributed by atoms with Gasteiger partial charge in [-0.2, -0.15) is 5.26 Å². The second kappa shape index (κ2) is 11.5. The van der Waals surface area contributed by atoms with Gasteiger partial charge in [0, 0.05) is 43.3 Å². The smallest absolute Gasteiger partial charge is 0.340 e. The number of ether oxygens (including phenoxy) is 1. The maximum absolute atomic E-state index is 14.0. The molecule has 1 saturated heterocycles. The van der Waals surface area contributed by atoms with Gasteiger partial charge < -0.3 is 9.64 Å². The quantitative estimate of drug-likeness (QED) is 0.432. The second-order valence-corrected chi connectivity index (χ2v) is 8.82. The minimum absolute atomic E-state index is 0.0682. The van der Waals surface area contributed by atoms with E-state index in [1.165, 1.54) is 23.9 Å². The van der Waals surface area contributed by atoms with E-state index in [1.54, 1.807) is 30.9 Å². The molecule has 0 saturated carbocycles. The number of thioether (sulfide) groups is 1. The van der Waals surface area contributed by atoms with Crippen LogP contribution in [0.3, 0.4) is 0 Å². The first-order valence-electron chi connectivity index (χ1n) is 10.5. The standard InChI is InChI=1S/C23H24ClFN4O3S/c1-3-32-23(31)17-11-16(12-26)22(27-15(17)2)33-14-21(30)29-9-7-28(8-10-29)13-18-19(24)5-4-6-20(18)25/h4-6,11H,3,7-10,13-14H2,1-2H3. The first-order valence-corrected chi connectivity index (χ1v) is 11.8. The number of nitriles is 1. The molecule has 0 N–H and O–H groups in total. The van der Waals surface area contributed by atoms with Crippen molar-refractivity contribution in [1.29, 1.82) is 5.26 Å². The number of carbonyl (C=O) groups is 2. The molecule has 2 aromatic rings. The Labute approximate surface area is 201 Å². The third-order valence-corrected chi connectivity index (χ3v) is 6.62. The third-order valence-electron chi connectivity index (χ3n) is 5.29. The van der Waals surface area contributed by atoms with Crippen molar-refractivity contribution in [2.24, 2.45) is 0 Å². The summed E-state index contributed by atoms with van der Waals surface area (Å²) in [5.41, 5.74) is 1.39. The van der Waals surface area contributed by atoms with E-state index < -0.39 is 5.97 Å². The molecule has 0 unspecified atom stereocenters. The van der Waals surface area contributed by atoms with Crippen LogP contribution in [0.25, 0.3) is 0 Å². The predicted molar refractivity (Wildman–Crippen MR) is 124 cm³/mol. The summed E-state index contributed by atoms with van der Waals surface area (Å²) in [6.45, 7) is 6.24. The highest BCUT2D eigenvalue weighted by atomic mass is 35.5. The van der Waals surface area contributed by atoms with Crippen LogP contribution in [0.4, 0.5) is 4.39 Å². The molecule has 7 nitrogen and oxygen atoms in total. The topological polar surface area (TPSA) is 86.5 Å². The molecule has 1 aromatic carbocycles. The van der Waals surface area contributed by atoms with Crippen LogP contribution < -0.4 is 0 Å². The van der Waals surface area contributed by atoms with Crippen molar-refractivity contribution in [3.8, 4) is 6.07 Å². The molecule has 1 amide bonds. The van der Waals surface area contributed by atoms with Crippen LogP contribution in [0, 0.1) is 24.1 Å². The number of carbonyl (C=O) groups excluding carboxylic acids is 2. The van der Waals surface area contributed by atoms with Crippen molar-refractivity contribution < 1.29 is 18.7 Å². The zero-order valence-corrected chi connectivity index (χ0v) is 20.0. The van der Waals surface area contributed by atoms with Crippen molar-refractivity contribution in [2.75, 3.05) is 38.5 Å². The fraction of sp³-hybridized carbons (Fsp3) is 0.391. The first-order chi connectivity index (χ1) is 15.8. The normalized spacial score (nSPS) is 14.1. The monoisotopic (exact) mass is 490 g/mol. The molecular formula is C23H24ClFN4O3S. The van der Waals surface area contributed by atoms with Gasteiger partial charge in [0.1, 0.15) is 16.9 Å². The molecule has 33 heavy (non-hydrogen) atoms. The van der Waals surface area contributed by atoms with Crippen molar-refractivity contribution in [2.45, 2.75) is 25.4 Å². The second-order valence-electron chi connectivity index (χ2n) is 7.45. The number of pyridine rings is 1. The Morgan fingerprint density at radius 2 is 2.03 bits per heavy atom. The molecule has 0 bridgehead atoms. The van der Waals surface area contributed by atoms with Crippen molar-refractivity contribution >= 4 is 35.2 Å². The number of nitrogens with zero attached hydrogens (tertiary/aromatic N) is 4. The van der Waals surface area contributed by atoms with Gasteiger partial charge in [0.15, 0.2) is 0 Å². The van der Waals surface area contributed by atoms with Crippen LogP contribution in [0.1, 0.15) is 34.1 Å². The molecule has 174 valence electrons. The summed E-state index contributed by atoms with van der Waals surface area (Å²) in [6, 6.07) is 8.13. The van der Waals surface area contributed by atoms with Crippen molar-refractivity contribution in [3.05, 3.63) is 57.5 Å². The highest BCUT2D eigenvalue weighted by Crippen LogP contribution is 2.25. The Hall–Kier alpha value is -2.67. The largest absolute Gasteiger partial charge is 0.462 e. The Morgan fingerprint density at radius 3 is 2.67 bits per heavy atom. The lowest BCUT2D eigenvalue weighted by Gasteiger charge is -2.35. The first kappa shape index (κ1) is 25.0. The zero-order valence-electron chi connectivity index (χ0n) is 18.4.